The monoisotopic (exact) mass is 386 g/mol. The summed E-state index contributed by atoms with van der Waals surface area (Å²) in [6, 6.07) is 12.2. The lowest BCUT2D eigenvalue weighted by Gasteiger charge is -2.32. The van der Waals surface area contributed by atoms with E-state index in [9.17, 15) is 4.79 Å². The van der Waals surface area contributed by atoms with Crippen molar-refractivity contribution in [2.24, 2.45) is 0 Å². The van der Waals surface area contributed by atoms with Gasteiger partial charge >= 0.3 is 0 Å². The summed E-state index contributed by atoms with van der Waals surface area (Å²) in [4.78, 5) is 28.2. The van der Waals surface area contributed by atoms with Gasteiger partial charge in [-0.2, -0.15) is 0 Å². The van der Waals surface area contributed by atoms with E-state index in [2.05, 4.69) is 43.8 Å². The lowest BCUT2D eigenvalue weighted by molar-refractivity contribution is 0.0698. The molecule has 7 nitrogen and oxygen atoms in total. The van der Waals surface area contributed by atoms with Crippen LogP contribution in [0, 0.1) is 0 Å². The van der Waals surface area contributed by atoms with Crippen molar-refractivity contribution >= 4 is 11.7 Å². The molecule has 29 heavy (non-hydrogen) atoms. The van der Waals surface area contributed by atoms with Crippen LogP contribution in [0.5, 0.6) is 0 Å². The minimum Gasteiger partial charge on any atom is -0.337 e. The molecule has 0 aliphatic carbocycles. The zero-order chi connectivity index (χ0) is 19.6. The van der Waals surface area contributed by atoms with Crippen molar-refractivity contribution in [1.29, 1.82) is 0 Å². The molecule has 0 bridgehead atoms. The van der Waals surface area contributed by atoms with Crippen LogP contribution in [0.4, 0.5) is 0 Å². The van der Waals surface area contributed by atoms with Crippen LogP contribution in [0.15, 0.2) is 67.4 Å². The Kier molecular flexibility index (Phi) is 4.56. The fraction of sp³-hybridized carbons (Fsp3) is 0.273. The van der Waals surface area contributed by atoms with Gasteiger partial charge in [0.15, 0.2) is 0 Å². The molecule has 0 N–H and O–H groups in total. The van der Waals surface area contributed by atoms with Crippen molar-refractivity contribution in [2.75, 3.05) is 13.1 Å². The molecule has 1 fully saturated rings. The van der Waals surface area contributed by atoms with Gasteiger partial charge in [0.25, 0.3) is 5.91 Å². The molecule has 3 aromatic heterocycles. The van der Waals surface area contributed by atoms with Crippen LogP contribution < -0.4 is 0 Å². The Morgan fingerprint density at radius 2 is 1.97 bits per heavy atom. The maximum atomic E-state index is 13.1. The van der Waals surface area contributed by atoms with Gasteiger partial charge in [-0.05, 0) is 24.5 Å². The number of amides is 1. The standard InChI is InChI=1S/C22H22N6O/c29-21(19-16-28-12-5-9-24-22(28)25-19)27-11-4-8-18(15-27)20-23-10-13-26(20)14-17-6-2-1-3-7-17/h1-3,5-7,9-10,12-13,16,18H,4,8,11,14-15H2/t18-/m1/s1. The van der Waals surface area contributed by atoms with Gasteiger partial charge in [-0.1, -0.05) is 30.3 Å². The Hall–Kier alpha value is -3.48. The first-order valence-electron chi connectivity index (χ1n) is 9.92. The Morgan fingerprint density at radius 3 is 2.83 bits per heavy atom. The Bertz CT molecular complexity index is 1100. The molecule has 1 aromatic carbocycles. The van der Waals surface area contributed by atoms with E-state index in [0.717, 1.165) is 31.8 Å². The molecule has 0 spiro atoms. The second-order valence-electron chi connectivity index (χ2n) is 7.44. The molecule has 4 aromatic rings. The highest BCUT2D eigenvalue weighted by molar-refractivity contribution is 5.92. The second kappa shape index (κ2) is 7.50. The predicted molar refractivity (Wildman–Crippen MR) is 109 cm³/mol. The molecule has 1 atom stereocenters. The molecule has 1 aliphatic rings. The number of benzene rings is 1. The van der Waals surface area contributed by atoms with Crippen LogP contribution in [-0.2, 0) is 6.54 Å². The summed E-state index contributed by atoms with van der Waals surface area (Å²) in [5, 5.41) is 0. The number of likely N-dealkylation sites (tertiary alicyclic amines) is 1. The average molecular weight is 386 g/mol. The number of aromatic nitrogens is 5. The van der Waals surface area contributed by atoms with E-state index >= 15 is 0 Å². The summed E-state index contributed by atoms with van der Waals surface area (Å²) in [7, 11) is 0. The van der Waals surface area contributed by atoms with Crippen LogP contribution in [0.2, 0.25) is 0 Å². The number of hydrogen-bond acceptors (Lipinski definition) is 4. The van der Waals surface area contributed by atoms with Crippen molar-refractivity contribution < 1.29 is 4.79 Å². The molecule has 146 valence electrons. The highest BCUT2D eigenvalue weighted by atomic mass is 16.2. The average Bonchev–Trinajstić information content (AvgIpc) is 3.41. The second-order valence-corrected chi connectivity index (χ2v) is 7.44. The molecule has 5 rings (SSSR count). The molecular weight excluding hydrogens is 364 g/mol. The first kappa shape index (κ1) is 17.6. The number of nitrogens with zero attached hydrogens (tertiary/aromatic N) is 6. The van der Waals surface area contributed by atoms with Crippen LogP contribution >= 0.6 is 0 Å². The summed E-state index contributed by atoms with van der Waals surface area (Å²) >= 11 is 0. The van der Waals surface area contributed by atoms with E-state index in [1.165, 1.54) is 5.56 Å². The highest BCUT2D eigenvalue weighted by Gasteiger charge is 2.29. The van der Waals surface area contributed by atoms with Crippen molar-refractivity contribution in [3.8, 4) is 0 Å². The Balaban J connectivity index is 1.34. The van der Waals surface area contributed by atoms with Gasteiger partial charge < -0.3 is 9.47 Å². The van der Waals surface area contributed by atoms with Crippen molar-refractivity contribution in [2.45, 2.75) is 25.3 Å². The van der Waals surface area contributed by atoms with Gasteiger partial charge in [-0.3, -0.25) is 9.20 Å². The zero-order valence-electron chi connectivity index (χ0n) is 16.1. The van der Waals surface area contributed by atoms with Gasteiger partial charge in [-0.15, -0.1) is 0 Å². The summed E-state index contributed by atoms with van der Waals surface area (Å²) in [5.74, 6) is 1.77. The summed E-state index contributed by atoms with van der Waals surface area (Å²) in [5.41, 5.74) is 1.68. The molecule has 0 unspecified atom stereocenters. The maximum absolute atomic E-state index is 13.1. The summed E-state index contributed by atoms with van der Waals surface area (Å²) in [6.07, 6.45) is 11.2. The number of carbonyl (C=O) groups is 1. The first-order valence-corrected chi connectivity index (χ1v) is 9.92. The van der Waals surface area contributed by atoms with Crippen molar-refractivity contribution in [3.05, 3.63) is 84.5 Å². The fourth-order valence-corrected chi connectivity index (χ4v) is 4.06. The predicted octanol–water partition coefficient (Wildman–Crippen LogP) is 2.99. The first-order chi connectivity index (χ1) is 14.3. The third kappa shape index (κ3) is 3.51. The minimum atomic E-state index is -0.0404. The van der Waals surface area contributed by atoms with E-state index in [0.29, 0.717) is 18.0 Å². The van der Waals surface area contributed by atoms with Crippen LogP contribution in [0.3, 0.4) is 0 Å². The molecular formula is C22H22N6O. The van der Waals surface area contributed by atoms with Crippen molar-refractivity contribution in [3.63, 3.8) is 0 Å². The van der Waals surface area contributed by atoms with Gasteiger partial charge in [0, 0.05) is 56.5 Å². The Labute approximate surface area is 168 Å². The molecule has 1 saturated heterocycles. The Morgan fingerprint density at radius 1 is 1.07 bits per heavy atom. The number of rotatable bonds is 4. The largest absolute Gasteiger partial charge is 0.337 e. The minimum absolute atomic E-state index is 0.0404. The number of imidazole rings is 2. The van der Waals surface area contributed by atoms with E-state index < -0.39 is 0 Å². The summed E-state index contributed by atoms with van der Waals surface area (Å²) < 4.78 is 3.98. The molecule has 1 amide bonds. The number of hydrogen-bond donors (Lipinski definition) is 0. The molecule has 1 aliphatic heterocycles. The molecule has 7 heteroatoms. The third-order valence-corrected chi connectivity index (χ3v) is 5.47. The third-order valence-electron chi connectivity index (χ3n) is 5.47. The van der Waals surface area contributed by atoms with Gasteiger partial charge in [-0.25, -0.2) is 15.0 Å². The van der Waals surface area contributed by atoms with Crippen LogP contribution in [-0.4, -0.2) is 47.8 Å². The van der Waals surface area contributed by atoms with Gasteiger partial charge in [0.1, 0.15) is 11.5 Å². The van der Waals surface area contributed by atoms with Crippen LogP contribution in [0.25, 0.3) is 5.78 Å². The lowest BCUT2D eigenvalue weighted by atomic mass is 9.96. The van der Waals surface area contributed by atoms with E-state index in [1.54, 1.807) is 16.8 Å². The number of carbonyl (C=O) groups excluding carboxylic acids is 1. The topological polar surface area (TPSA) is 68.3 Å². The highest BCUT2D eigenvalue weighted by Crippen LogP contribution is 2.27. The van der Waals surface area contributed by atoms with Gasteiger partial charge in [0.05, 0.1) is 0 Å². The van der Waals surface area contributed by atoms with E-state index in [1.807, 2.05) is 35.6 Å². The lowest BCUT2D eigenvalue weighted by Crippen LogP contribution is -2.40. The van der Waals surface area contributed by atoms with E-state index in [-0.39, 0.29) is 11.8 Å². The molecule has 0 saturated carbocycles. The molecule has 4 heterocycles. The SMILES string of the molecule is O=C(c1cn2cccnc2n1)N1CCC[C@@H](c2nccn2Cc2ccccc2)C1. The van der Waals surface area contributed by atoms with E-state index in [4.69, 9.17) is 0 Å². The summed E-state index contributed by atoms with van der Waals surface area (Å²) in [6.45, 7) is 2.20. The van der Waals surface area contributed by atoms with Crippen molar-refractivity contribution in [1.82, 2.24) is 28.8 Å². The number of fused-ring (bicyclic) bond motifs is 1. The smallest absolute Gasteiger partial charge is 0.274 e. The number of piperidine rings is 1. The molecule has 0 radical (unpaired) electrons. The quantitative estimate of drug-likeness (QED) is 0.541. The van der Waals surface area contributed by atoms with Gasteiger partial charge in [0.2, 0.25) is 5.78 Å². The fourth-order valence-electron chi connectivity index (χ4n) is 4.06. The maximum Gasteiger partial charge on any atom is 0.274 e. The van der Waals surface area contributed by atoms with Crippen LogP contribution in [0.1, 0.15) is 40.6 Å². The zero-order valence-corrected chi connectivity index (χ0v) is 16.1. The normalized spacial score (nSPS) is 17.0.